The third kappa shape index (κ3) is 4.04. The van der Waals surface area contributed by atoms with Gasteiger partial charge in [0.15, 0.2) is 0 Å². The first-order valence-corrected chi connectivity index (χ1v) is 10.1. The number of rotatable bonds is 4. The summed E-state index contributed by atoms with van der Waals surface area (Å²) in [5.74, 6) is 0.768. The summed E-state index contributed by atoms with van der Waals surface area (Å²) in [5.41, 5.74) is 0.964. The van der Waals surface area contributed by atoms with Crippen molar-refractivity contribution in [3.05, 3.63) is 24.0 Å². The number of pyridine rings is 1. The lowest BCUT2D eigenvalue weighted by Gasteiger charge is -2.34. The van der Waals surface area contributed by atoms with Crippen molar-refractivity contribution in [2.45, 2.75) is 63.2 Å². The summed E-state index contributed by atoms with van der Waals surface area (Å²) in [6, 6.07) is 3.85. The zero-order chi connectivity index (χ0) is 16.3. The molecule has 5 nitrogen and oxygen atoms in total. The van der Waals surface area contributed by atoms with E-state index in [2.05, 4.69) is 4.98 Å². The molecule has 0 radical (unpaired) electrons. The molecule has 0 atom stereocenters. The average molecular weight is 338 g/mol. The minimum absolute atomic E-state index is 0.0808. The van der Waals surface area contributed by atoms with E-state index in [4.69, 9.17) is 4.74 Å². The highest BCUT2D eigenvalue weighted by molar-refractivity contribution is 7.89. The highest BCUT2D eigenvalue weighted by Gasteiger charge is 2.35. The maximum absolute atomic E-state index is 12.7. The number of hydrogen-bond acceptors (Lipinski definition) is 4. The Morgan fingerprint density at radius 1 is 1.09 bits per heavy atom. The molecule has 1 aromatic rings. The van der Waals surface area contributed by atoms with Crippen molar-refractivity contribution >= 4 is 10.0 Å². The summed E-state index contributed by atoms with van der Waals surface area (Å²) in [6.07, 6.45) is 8.24. The third-order valence-electron chi connectivity index (χ3n) is 4.92. The molecule has 0 bridgehead atoms. The van der Waals surface area contributed by atoms with Crippen molar-refractivity contribution in [1.82, 2.24) is 9.29 Å². The molecule has 0 amide bonds. The number of piperidine rings is 1. The summed E-state index contributed by atoms with van der Waals surface area (Å²) in [5, 5.41) is -0.157. The number of nitrogens with zero attached hydrogens (tertiary/aromatic N) is 2. The Kier molecular flexibility index (Phi) is 5.21. The van der Waals surface area contributed by atoms with Crippen LogP contribution in [0, 0.1) is 6.92 Å². The standard InChI is InChI=1S/C17H26N2O3S/c1-14-7-8-16(13-18-14)22-15-9-11-19(12-10-15)23(20,21)17-5-3-2-4-6-17/h7-8,13,15,17H,2-6,9-12H2,1H3. The van der Waals surface area contributed by atoms with Gasteiger partial charge in [0, 0.05) is 18.8 Å². The summed E-state index contributed by atoms with van der Waals surface area (Å²) >= 11 is 0. The first kappa shape index (κ1) is 16.7. The fourth-order valence-electron chi connectivity index (χ4n) is 3.49. The monoisotopic (exact) mass is 338 g/mol. The van der Waals surface area contributed by atoms with Crippen LogP contribution < -0.4 is 4.74 Å². The van der Waals surface area contributed by atoms with Gasteiger partial charge in [0.25, 0.3) is 0 Å². The first-order chi connectivity index (χ1) is 11.1. The van der Waals surface area contributed by atoms with Gasteiger partial charge in [-0.15, -0.1) is 0 Å². The smallest absolute Gasteiger partial charge is 0.216 e. The van der Waals surface area contributed by atoms with E-state index in [1.54, 1.807) is 10.5 Å². The van der Waals surface area contributed by atoms with Crippen molar-refractivity contribution in [1.29, 1.82) is 0 Å². The third-order valence-corrected chi connectivity index (χ3v) is 7.32. The van der Waals surface area contributed by atoms with Gasteiger partial charge in [0.05, 0.1) is 11.4 Å². The molecule has 1 aromatic heterocycles. The Labute approximate surface area is 139 Å². The van der Waals surface area contributed by atoms with Crippen LogP contribution in [0.2, 0.25) is 0 Å². The van der Waals surface area contributed by atoms with Crippen LogP contribution in [-0.4, -0.2) is 42.2 Å². The van der Waals surface area contributed by atoms with E-state index in [0.29, 0.717) is 13.1 Å². The van der Waals surface area contributed by atoms with Gasteiger partial charge < -0.3 is 4.74 Å². The number of sulfonamides is 1. The molecule has 23 heavy (non-hydrogen) atoms. The van der Waals surface area contributed by atoms with Crippen molar-refractivity contribution < 1.29 is 13.2 Å². The van der Waals surface area contributed by atoms with E-state index in [1.165, 1.54) is 6.42 Å². The molecule has 1 saturated carbocycles. The SMILES string of the molecule is Cc1ccc(OC2CCN(S(=O)(=O)C3CCCCC3)CC2)cn1. The lowest BCUT2D eigenvalue weighted by atomic mass is 10.0. The predicted octanol–water partition coefficient (Wildman–Crippen LogP) is 2.90. The van der Waals surface area contributed by atoms with Gasteiger partial charge >= 0.3 is 0 Å². The number of aryl methyl sites for hydroxylation is 1. The molecule has 1 saturated heterocycles. The maximum Gasteiger partial charge on any atom is 0.216 e. The Morgan fingerprint density at radius 3 is 2.39 bits per heavy atom. The zero-order valence-corrected chi connectivity index (χ0v) is 14.6. The minimum Gasteiger partial charge on any atom is -0.489 e. The summed E-state index contributed by atoms with van der Waals surface area (Å²) < 4.78 is 33.1. The molecule has 128 valence electrons. The summed E-state index contributed by atoms with van der Waals surface area (Å²) in [4.78, 5) is 4.23. The van der Waals surface area contributed by atoms with Crippen molar-refractivity contribution in [3.8, 4) is 5.75 Å². The molecule has 2 heterocycles. The van der Waals surface area contributed by atoms with Gasteiger partial charge in [-0.05, 0) is 44.7 Å². The fraction of sp³-hybridized carbons (Fsp3) is 0.706. The van der Waals surface area contributed by atoms with Gasteiger partial charge in [-0.25, -0.2) is 12.7 Å². The molecule has 2 aliphatic rings. The van der Waals surface area contributed by atoms with E-state index in [1.807, 2.05) is 19.1 Å². The van der Waals surface area contributed by atoms with Crippen molar-refractivity contribution in [2.24, 2.45) is 0 Å². The Bertz CT molecular complexity index is 601. The van der Waals surface area contributed by atoms with E-state index < -0.39 is 10.0 Å². The van der Waals surface area contributed by atoms with Crippen LogP contribution in [0.15, 0.2) is 18.3 Å². The van der Waals surface area contributed by atoms with Crippen LogP contribution in [0.1, 0.15) is 50.6 Å². The van der Waals surface area contributed by atoms with Gasteiger partial charge in [-0.1, -0.05) is 19.3 Å². The van der Waals surface area contributed by atoms with Crippen LogP contribution in [0.5, 0.6) is 5.75 Å². The Morgan fingerprint density at radius 2 is 1.78 bits per heavy atom. The summed E-state index contributed by atoms with van der Waals surface area (Å²) in [6.45, 7) is 3.09. The highest BCUT2D eigenvalue weighted by Crippen LogP contribution is 2.28. The molecule has 3 rings (SSSR count). The lowest BCUT2D eigenvalue weighted by Crippen LogP contribution is -2.46. The quantitative estimate of drug-likeness (QED) is 0.847. The lowest BCUT2D eigenvalue weighted by molar-refractivity contribution is 0.134. The Hall–Kier alpha value is -1.14. The van der Waals surface area contributed by atoms with Crippen LogP contribution >= 0.6 is 0 Å². The molecule has 1 aliphatic carbocycles. The minimum atomic E-state index is -3.12. The molecule has 0 N–H and O–H groups in total. The second-order valence-electron chi connectivity index (χ2n) is 6.66. The van der Waals surface area contributed by atoms with Gasteiger partial charge in [-0.3, -0.25) is 4.98 Å². The van der Waals surface area contributed by atoms with Gasteiger partial charge in [-0.2, -0.15) is 0 Å². The molecular weight excluding hydrogens is 312 g/mol. The molecule has 2 fully saturated rings. The normalized spacial score (nSPS) is 22.1. The van der Waals surface area contributed by atoms with Crippen LogP contribution in [0.3, 0.4) is 0 Å². The van der Waals surface area contributed by atoms with E-state index in [9.17, 15) is 8.42 Å². The van der Waals surface area contributed by atoms with Crippen LogP contribution in [0.25, 0.3) is 0 Å². The van der Waals surface area contributed by atoms with E-state index >= 15 is 0 Å². The van der Waals surface area contributed by atoms with Gasteiger partial charge in [0.1, 0.15) is 11.9 Å². The fourth-order valence-corrected chi connectivity index (χ4v) is 5.57. The maximum atomic E-state index is 12.7. The van der Waals surface area contributed by atoms with E-state index in [0.717, 1.165) is 50.0 Å². The Balaban J connectivity index is 1.54. The molecular formula is C17H26N2O3S. The molecule has 0 unspecified atom stereocenters. The molecule has 0 spiro atoms. The van der Waals surface area contributed by atoms with Crippen molar-refractivity contribution in [2.75, 3.05) is 13.1 Å². The number of hydrogen-bond donors (Lipinski definition) is 0. The second kappa shape index (κ2) is 7.18. The highest BCUT2D eigenvalue weighted by atomic mass is 32.2. The van der Waals surface area contributed by atoms with Gasteiger partial charge in [0.2, 0.25) is 10.0 Å². The van der Waals surface area contributed by atoms with Crippen LogP contribution in [0.4, 0.5) is 0 Å². The van der Waals surface area contributed by atoms with Crippen LogP contribution in [-0.2, 0) is 10.0 Å². The van der Waals surface area contributed by atoms with Crippen molar-refractivity contribution in [3.63, 3.8) is 0 Å². The van der Waals surface area contributed by atoms with E-state index in [-0.39, 0.29) is 11.4 Å². The average Bonchev–Trinajstić information content (AvgIpc) is 2.58. The molecule has 0 aromatic carbocycles. The molecule has 6 heteroatoms. The second-order valence-corrected chi connectivity index (χ2v) is 8.87. The number of aromatic nitrogens is 1. The first-order valence-electron chi connectivity index (χ1n) is 8.64. The largest absolute Gasteiger partial charge is 0.489 e. The summed E-state index contributed by atoms with van der Waals surface area (Å²) in [7, 11) is -3.12. The topological polar surface area (TPSA) is 59.5 Å². The predicted molar refractivity (Wildman–Crippen MR) is 90.0 cm³/mol. The number of ether oxygens (including phenoxy) is 1. The zero-order valence-electron chi connectivity index (χ0n) is 13.8. The molecule has 1 aliphatic heterocycles.